The van der Waals surface area contributed by atoms with Crippen LogP contribution in [0.5, 0.6) is 0 Å². The van der Waals surface area contributed by atoms with Gasteiger partial charge in [-0.15, -0.1) is 11.8 Å². The van der Waals surface area contributed by atoms with Crippen molar-refractivity contribution in [2.24, 2.45) is 0 Å². The predicted molar refractivity (Wildman–Crippen MR) is 123 cm³/mol. The summed E-state index contributed by atoms with van der Waals surface area (Å²) in [5, 5.41) is 12.2. The second kappa shape index (κ2) is 14.4. The van der Waals surface area contributed by atoms with E-state index in [0.717, 1.165) is 5.75 Å². The lowest BCUT2D eigenvalue weighted by Crippen LogP contribution is -2.21. The molecule has 0 saturated heterocycles. The van der Waals surface area contributed by atoms with Crippen LogP contribution < -0.4 is 5.11 Å². The number of methoxy groups -OCH3 is 1. The molecule has 154 valence electrons. The molecule has 0 aliphatic heterocycles. The molecule has 0 spiro atoms. The molecule has 4 heteroatoms. The molecule has 1 unspecified atom stereocenters. The van der Waals surface area contributed by atoms with Crippen molar-refractivity contribution in [2.45, 2.75) is 70.0 Å². The minimum absolute atomic E-state index is 0.158. The van der Waals surface area contributed by atoms with E-state index < -0.39 is 7.26 Å². The van der Waals surface area contributed by atoms with E-state index >= 15 is 0 Å². The molecule has 1 aromatic carbocycles. The molecule has 0 aliphatic carbocycles. The molecular weight excluding hydrogens is 371 g/mol. The first kappa shape index (κ1) is 24.4. The summed E-state index contributed by atoms with van der Waals surface area (Å²) in [6.07, 6.45) is 13.4. The maximum atomic E-state index is 12.2. The van der Waals surface area contributed by atoms with E-state index in [1.165, 1.54) is 69.7 Å². The van der Waals surface area contributed by atoms with E-state index in [2.05, 4.69) is 51.1 Å². The molecule has 0 radical (unpaired) electrons. The normalized spacial score (nSPS) is 13.6. The van der Waals surface area contributed by atoms with Crippen LogP contribution in [0.25, 0.3) is 0 Å². The predicted octanol–water partition coefficient (Wildman–Crippen LogP) is 6.51. The van der Waals surface area contributed by atoms with Gasteiger partial charge in [-0.2, -0.15) is 0 Å². The van der Waals surface area contributed by atoms with Crippen LogP contribution in [0.1, 0.15) is 64.9 Å². The second-order valence-electron chi connectivity index (χ2n) is 7.33. The van der Waals surface area contributed by atoms with Crippen LogP contribution in [-0.4, -0.2) is 30.6 Å². The minimum atomic E-state index is -1.25. The molecule has 0 N–H and O–H groups in total. The van der Waals surface area contributed by atoms with Crippen LogP contribution in [0.15, 0.2) is 42.4 Å². The maximum Gasteiger partial charge on any atom is 0.135 e. The van der Waals surface area contributed by atoms with Crippen LogP contribution in [0, 0.1) is 0 Å². The van der Waals surface area contributed by atoms with Gasteiger partial charge in [-0.3, -0.25) is 0 Å². The van der Waals surface area contributed by atoms with E-state index in [0.29, 0.717) is 4.99 Å². The zero-order valence-electron chi connectivity index (χ0n) is 17.8. The summed E-state index contributed by atoms with van der Waals surface area (Å²) in [5.74, 6) is 0.805. The van der Waals surface area contributed by atoms with E-state index in [-0.39, 0.29) is 5.95 Å². The maximum absolute atomic E-state index is 12.2. The Bertz CT molecular complexity index is 497. The minimum Gasteiger partial charge on any atom is -0.617 e. The Morgan fingerprint density at radius 2 is 1.52 bits per heavy atom. The quantitative estimate of drug-likeness (QED) is 0.244. The highest BCUT2D eigenvalue weighted by Crippen LogP contribution is 2.68. The van der Waals surface area contributed by atoms with Gasteiger partial charge in [0.2, 0.25) is 0 Å². The lowest BCUT2D eigenvalue weighted by Gasteiger charge is -2.34. The number of hydrogen-bond donors (Lipinski definition) is 0. The summed E-state index contributed by atoms with van der Waals surface area (Å²) in [7, 11) is 0.249. The van der Waals surface area contributed by atoms with Crippen LogP contribution >= 0.6 is 19.0 Å². The Balaban J connectivity index is 3.14. The van der Waals surface area contributed by atoms with Crippen LogP contribution in [0.2, 0.25) is 0 Å². The lowest BCUT2D eigenvalue weighted by molar-refractivity contribution is -0.353. The second-order valence-corrected chi connectivity index (χ2v) is 13.1. The highest BCUT2D eigenvalue weighted by atomic mass is 32.2. The monoisotopic (exact) mass is 410 g/mol. The summed E-state index contributed by atoms with van der Waals surface area (Å²) >= 11 is 1.97. The van der Waals surface area contributed by atoms with Gasteiger partial charge >= 0.3 is 0 Å². The summed E-state index contributed by atoms with van der Waals surface area (Å²) in [4.78, 5) is 0.315. The highest BCUT2D eigenvalue weighted by Gasteiger charge is 2.43. The molecule has 0 saturated carbocycles. The van der Waals surface area contributed by atoms with E-state index in [4.69, 9.17) is 4.74 Å². The van der Waals surface area contributed by atoms with Crippen molar-refractivity contribution in [1.29, 1.82) is 0 Å². The lowest BCUT2D eigenvalue weighted by atomic mass is 10.2. The molecule has 0 heterocycles. The summed E-state index contributed by atoms with van der Waals surface area (Å²) in [6, 6.07) is 10.6. The first-order chi connectivity index (χ1) is 13.1. The Hall–Kier alpha value is -0.660. The summed E-state index contributed by atoms with van der Waals surface area (Å²) < 4.78 is 5.05. The molecular formula is C23H39O2PS. The Kier molecular flexibility index (Phi) is 13.0. The van der Waals surface area contributed by atoms with Crippen molar-refractivity contribution in [2.75, 3.05) is 25.6 Å². The number of rotatable bonds is 15. The fourth-order valence-electron chi connectivity index (χ4n) is 3.44. The average Bonchev–Trinajstić information content (AvgIpc) is 2.71. The van der Waals surface area contributed by atoms with Gasteiger partial charge in [0.05, 0.1) is 24.4 Å². The van der Waals surface area contributed by atoms with Crippen molar-refractivity contribution in [3.8, 4) is 0 Å². The number of benzene rings is 1. The third-order valence-electron chi connectivity index (χ3n) is 5.15. The summed E-state index contributed by atoms with van der Waals surface area (Å²) in [6.45, 7) is 6.85. The van der Waals surface area contributed by atoms with Gasteiger partial charge in [0.1, 0.15) is 4.99 Å². The molecule has 0 amide bonds. The largest absolute Gasteiger partial charge is 0.617 e. The van der Waals surface area contributed by atoms with Gasteiger partial charge in [0.25, 0.3) is 0 Å². The Morgan fingerprint density at radius 3 is 1.96 bits per heavy atom. The van der Waals surface area contributed by atoms with Crippen molar-refractivity contribution >= 4 is 19.0 Å². The zero-order valence-corrected chi connectivity index (χ0v) is 19.5. The van der Waals surface area contributed by atoms with Gasteiger partial charge in [-0.25, -0.2) is 0 Å². The average molecular weight is 411 g/mol. The van der Waals surface area contributed by atoms with E-state index in [1.54, 1.807) is 0 Å². The molecule has 2 nitrogen and oxygen atoms in total. The number of hydrogen-bond acceptors (Lipinski definition) is 3. The number of ether oxygens (including phenoxy) is 1. The summed E-state index contributed by atoms with van der Waals surface area (Å²) in [5.41, 5.74) is 1.34. The van der Waals surface area contributed by atoms with E-state index in [9.17, 15) is 5.11 Å². The third-order valence-corrected chi connectivity index (χ3v) is 12.8. The fraction of sp³-hybridized carbons (Fsp3) is 0.652. The van der Waals surface area contributed by atoms with Gasteiger partial charge in [0.15, 0.2) is 0 Å². The molecule has 1 rings (SSSR count). The SMILES string of the molecule is CCCC[P+](CCCC)(CCCC)C(/C=C(\[O-])OC)SCc1ccccc1. The zero-order chi connectivity index (χ0) is 20.0. The topological polar surface area (TPSA) is 32.3 Å². The number of thioether (sulfide) groups is 1. The van der Waals surface area contributed by atoms with Gasteiger partial charge < -0.3 is 9.84 Å². The van der Waals surface area contributed by atoms with Gasteiger partial charge in [-0.1, -0.05) is 70.4 Å². The Labute approximate surface area is 172 Å². The molecule has 1 aromatic rings. The Morgan fingerprint density at radius 1 is 1.00 bits per heavy atom. The van der Waals surface area contributed by atoms with Crippen LogP contribution in [-0.2, 0) is 10.5 Å². The van der Waals surface area contributed by atoms with Crippen molar-refractivity contribution in [3.05, 3.63) is 47.9 Å². The van der Waals surface area contributed by atoms with Crippen LogP contribution in [0.4, 0.5) is 0 Å². The molecule has 0 bridgehead atoms. The third kappa shape index (κ3) is 8.92. The first-order valence-electron chi connectivity index (χ1n) is 10.6. The molecule has 0 fully saturated rings. The smallest absolute Gasteiger partial charge is 0.135 e. The standard InChI is InChI=1S/C23H39O2PS/c1-5-8-16-26(17-9-6-2,18-10-7-3)23(19-22(24)25-4)27-20-21-14-12-11-13-15-21/h11-15,19,23H,5-10,16-18,20H2,1-4H3/b22-19+. The van der Waals surface area contributed by atoms with E-state index in [1.807, 2.05) is 17.8 Å². The van der Waals surface area contributed by atoms with Crippen molar-refractivity contribution in [3.63, 3.8) is 0 Å². The first-order valence-corrected chi connectivity index (χ1v) is 14.0. The fourth-order valence-corrected chi connectivity index (χ4v) is 11.4. The van der Waals surface area contributed by atoms with Crippen LogP contribution in [0.3, 0.4) is 0 Å². The molecule has 1 atom stereocenters. The number of unbranched alkanes of at least 4 members (excludes halogenated alkanes) is 3. The van der Waals surface area contributed by atoms with Crippen molar-refractivity contribution < 1.29 is 9.84 Å². The molecule has 27 heavy (non-hydrogen) atoms. The van der Waals surface area contributed by atoms with Gasteiger partial charge in [-0.05, 0) is 38.0 Å². The van der Waals surface area contributed by atoms with Gasteiger partial charge in [0, 0.05) is 13.0 Å². The molecule has 0 aliphatic rings. The molecule has 0 aromatic heterocycles. The van der Waals surface area contributed by atoms with Crippen molar-refractivity contribution in [1.82, 2.24) is 0 Å². The highest BCUT2D eigenvalue weighted by molar-refractivity contribution is 8.08.